The Labute approximate surface area is 92.3 Å². The van der Waals surface area contributed by atoms with Crippen molar-refractivity contribution in [3.8, 4) is 0 Å². The number of benzene rings is 1. The van der Waals surface area contributed by atoms with Gasteiger partial charge >= 0.3 is 5.97 Å². The van der Waals surface area contributed by atoms with Crippen LogP contribution < -0.4 is 5.48 Å². The minimum atomic E-state index is -0.732. The van der Waals surface area contributed by atoms with Crippen LogP contribution in [0.1, 0.15) is 16.8 Å². The summed E-state index contributed by atoms with van der Waals surface area (Å²) in [5.74, 6) is -1.08. The molecule has 84 valence electrons. The fourth-order valence-electron chi connectivity index (χ4n) is 1.69. The van der Waals surface area contributed by atoms with E-state index >= 15 is 0 Å². The lowest BCUT2D eigenvalue weighted by Gasteiger charge is -2.07. The Kier molecular flexibility index (Phi) is 2.17. The van der Waals surface area contributed by atoms with E-state index in [-0.39, 0.29) is 12.1 Å². The summed E-state index contributed by atoms with van der Waals surface area (Å²) >= 11 is 0. The molecule has 1 aromatic carbocycles. The van der Waals surface area contributed by atoms with E-state index in [9.17, 15) is 4.79 Å². The van der Waals surface area contributed by atoms with Crippen LogP contribution in [0.4, 0.5) is 0 Å². The van der Waals surface area contributed by atoms with Crippen LogP contribution in [0, 0.1) is 0 Å². The van der Waals surface area contributed by atoms with Gasteiger partial charge in [0.2, 0.25) is 5.79 Å². The second kappa shape index (κ2) is 3.55. The average molecular weight is 221 g/mol. The lowest BCUT2D eigenvalue weighted by atomic mass is 10.2. The molecule has 2 fully saturated rings. The second-order valence-corrected chi connectivity index (χ2v) is 3.81. The minimum Gasteiger partial charge on any atom is -0.453 e. The van der Waals surface area contributed by atoms with Crippen LogP contribution in [0.3, 0.4) is 0 Å². The summed E-state index contributed by atoms with van der Waals surface area (Å²) in [6.45, 7) is 0.333. The molecule has 0 bridgehead atoms. The van der Waals surface area contributed by atoms with Crippen molar-refractivity contribution in [2.24, 2.45) is 0 Å². The number of rotatable bonds is 2. The van der Waals surface area contributed by atoms with E-state index in [0.29, 0.717) is 18.7 Å². The van der Waals surface area contributed by atoms with Crippen molar-refractivity contribution in [3.63, 3.8) is 0 Å². The normalized spacial score (nSPS) is 31.6. The van der Waals surface area contributed by atoms with Crippen LogP contribution in [0.5, 0.6) is 0 Å². The second-order valence-electron chi connectivity index (χ2n) is 3.81. The smallest absolute Gasteiger partial charge is 0.338 e. The summed E-state index contributed by atoms with van der Waals surface area (Å²) in [7, 11) is 0. The number of hydrogen-bond acceptors (Lipinski definition) is 5. The van der Waals surface area contributed by atoms with Gasteiger partial charge in [0.15, 0.2) is 6.10 Å². The van der Waals surface area contributed by atoms with Crippen LogP contribution in [-0.4, -0.2) is 24.6 Å². The van der Waals surface area contributed by atoms with Crippen molar-refractivity contribution >= 4 is 5.97 Å². The lowest BCUT2D eigenvalue weighted by molar-refractivity contribution is -0.117. The zero-order valence-electron chi connectivity index (χ0n) is 8.51. The number of carbonyl (C=O) groups is 1. The van der Waals surface area contributed by atoms with E-state index in [2.05, 4.69) is 5.48 Å². The summed E-state index contributed by atoms with van der Waals surface area (Å²) in [5, 5.41) is 0. The van der Waals surface area contributed by atoms with E-state index in [4.69, 9.17) is 14.3 Å². The highest BCUT2D eigenvalue weighted by molar-refractivity contribution is 5.89. The van der Waals surface area contributed by atoms with E-state index in [1.54, 1.807) is 24.3 Å². The molecule has 1 heterocycles. The molecule has 0 amide bonds. The van der Waals surface area contributed by atoms with Crippen molar-refractivity contribution in [1.82, 2.24) is 5.48 Å². The van der Waals surface area contributed by atoms with Crippen molar-refractivity contribution in [2.75, 3.05) is 6.73 Å². The largest absolute Gasteiger partial charge is 0.453 e. The van der Waals surface area contributed by atoms with Gasteiger partial charge < -0.3 is 9.47 Å². The van der Waals surface area contributed by atoms with Crippen molar-refractivity contribution in [1.29, 1.82) is 0 Å². The highest BCUT2D eigenvalue weighted by atomic mass is 16.9. The van der Waals surface area contributed by atoms with Gasteiger partial charge in [-0.15, -0.1) is 0 Å². The van der Waals surface area contributed by atoms with Gasteiger partial charge in [0, 0.05) is 6.42 Å². The lowest BCUT2D eigenvalue weighted by Crippen LogP contribution is -2.21. The van der Waals surface area contributed by atoms with Crippen molar-refractivity contribution in [2.45, 2.75) is 18.3 Å². The maximum absolute atomic E-state index is 11.7. The van der Waals surface area contributed by atoms with Gasteiger partial charge in [0.05, 0.1) is 5.56 Å². The van der Waals surface area contributed by atoms with Crippen LogP contribution in [0.2, 0.25) is 0 Å². The molecule has 0 radical (unpaired) electrons. The number of esters is 1. The Balaban J connectivity index is 1.63. The molecule has 2 atom stereocenters. The van der Waals surface area contributed by atoms with Gasteiger partial charge in [-0.05, 0) is 12.1 Å². The molecule has 16 heavy (non-hydrogen) atoms. The molecule has 1 spiro atoms. The maximum atomic E-state index is 11.7. The monoisotopic (exact) mass is 221 g/mol. The van der Waals surface area contributed by atoms with E-state index in [1.165, 1.54) is 0 Å². The number of hydroxylamine groups is 1. The summed E-state index contributed by atoms with van der Waals surface area (Å²) in [4.78, 5) is 16.8. The molecule has 1 N–H and O–H groups in total. The molecule has 2 aliphatic rings. The topological polar surface area (TPSA) is 56.8 Å². The molecule has 1 saturated carbocycles. The first-order chi connectivity index (χ1) is 7.80. The molecule has 1 saturated heterocycles. The molecule has 2 unspecified atom stereocenters. The van der Waals surface area contributed by atoms with Crippen LogP contribution in [0.25, 0.3) is 0 Å². The fourth-order valence-corrected chi connectivity index (χ4v) is 1.69. The number of nitrogens with one attached hydrogen (secondary N) is 1. The standard InChI is InChI=1S/C11H11NO4/c13-10(8-4-2-1-3-5-8)15-9-6-11(9)14-7-12-16-11/h1-5,9,12H,6-7H2. The summed E-state index contributed by atoms with van der Waals surface area (Å²) in [6, 6.07) is 8.87. The zero-order chi connectivity index (χ0) is 11.0. The van der Waals surface area contributed by atoms with E-state index in [1.807, 2.05) is 6.07 Å². The van der Waals surface area contributed by atoms with Gasteiger partial charge in [-0.3, -0.25) is 4.84 Å². The zero-order valence-corrected chi connectivity index (χ0v) is 8.51. The third-order valence-electron chi connectivity index (χ3n) is 2.68. The van der Waals surface area contributed by atoms with Crippen molar-refractivity contribution in [3.05, 3.63) is 35.9 Å². The predicted octanol–water partition coefficient (Wildman–Crippen LogP) is 0.821. The number of hydrogen-bond donors (Lipinski definition) is 1. The maximum Gasteiger partial charge on any atom is 0.338 e. The first kappa shape index (κ1) is 9.77. The quantitative estimate of drug-likeness (QED) is 0.749. The Bertz CT molecular complexity index is 400. The van der Waals surface area contributed by atoms with E-state index < -0.39 is 5.79 Å². The fraction of sp³-hybridized carbons (Fsp3) is 0.364. The molecule has 1 aliphatic carbocycles. The van der Waals surface area contributed by atoms with Gasteiger partial charge in [0.1, 0.15) is 6.73 Å². The molecule has 0 aromatic heterocycles. The van der Waals surface area contributed by atoms with Gasteiger partial charge in [0.25, 0.3) is 0 Å². The molecule has 1 aliphatic heterocycles. The van der Waals surface area contributed by atoms with E-state index in [0.717, 1.165) is 0 Å². The van der Waals surface area contributed by atoms with Gasteiger partial charge in [-0.25, -0.2) is 4.79 Å². The molecule has 1 aromatic rings. The summed E-state index contributed by atoms with van der Waals surface area (Å²) in [5.41, 5.74) is 3.14. The predicted molar refractivity (Wildman–Crippen MR) is 53.2 cm³/mol. The highest BCUT2D eigenvalue weighted by Crippen LogP contribution is 2.45. The summed E-state index contributed by atoms with van der Waals surface area (Å²) < 4.78 is 10.5. The Morgan fingerprint density at radius 3 is 2.94 bits per heavy atom. The number of carbonyl (C=O) groups excluding carboxylic acids is 1. The Hall–Kier alpha value is -1.43. The molecular weight excluding hydrogens is 210 g/mol. The van der Waals surface area contributed by atoms with Crippen LogP contribution >= 0.6 is 0 Å². The third kappa shape index (κ3) is 1.59. The molecule has 5 nitrogen and oxygen atoms in total. The average Bonchev–Trinajstić information content (AvgIpc) is 2.74. The molecular formula is C11H11NO4. The first-order valence-electron chi connectivity index (χ1n) is 5.11. The summed E-state index contributed by atoms with van der Waals surface area (Å²) in [6.07, 6.45) is 0.272. The van der Waals surface area contributed by atoms with Gasteiger partial charge in [-0.1, -0.05) is 18.2 Å². The minimum absolute atomic E-state index is 0.310. The Morgan fingerprint density at radius 2 is 2.25 bits per heavy atom. The molecule has 3 rings (SSSR count). The molecule has 5 heteroatoms. The van der Waals surface area contributed by atoms with Crippen molar-refractivity contribution < 1.29 is 19.1 Å². The number of ether oxygens (including phenoxy) is 2. The SMILES string of the molecule is O=C(OC1CC12OCNO2)c1ccccc1. The first-order valence-corrected chi connectivity index (χ1v) is 5.11. The Morgan fingerprint density at radius 1 is 1.44 bits per heavy atom. The van der Waals surface area contributed by atoms with Gasteiger partial charge in [-0.2, -0.15) is 5.48 Å². The highest BCUT2D eigenvalue weighted by Gasteiger charge is 2.63. The van der Waals surface area contributed by atoms with Crippen LogP contribution in [0.15, 0.2) is 30.3 Å². The third-order valence-corrected chi connectivity index (χ3v) is 2.68. The van der Waals surface area contributed by atoms with Crippen LogP contribution in [-0.2, 0) is 14.3 Å².